The van der Waals surface area contributed by atoms with E-state index >= 15 is 0 Å². The topological polar surface area (TPSA) is 78.8 Å². The third-order valence-corrected chi connectivity index (χ3v) is 4.20. The second kappa shape index (κ2) is 7.93. The van der Waals surface area contributed by atoms with Crippen molar-refractivity contribution >= 4 is 17.4 Å². The van der Waals surface area contributed by atoms with Crippen molar-refractivity contribution in [3.05, 3.63) is 57.8 Å². The fourth-order valence-electron chi connectivity index (χ4n) is 1.87. The van der Waals surface area contributed by atoms with E-state index in [2.05, 4.69) is 5.32 Å². The van der Waals surface area contributed by atoms with Gasteiger partial charge in [-0.05, 0) is 29.5 Å². The van der Waals surface area contributed by atoms with Crippen molar-refractivity contribution < 1.29 is 19.7 Å². The number of alkyl carbamates (subject to hydrolysis) is 1. The van der Waals surface area contributed by atoms with Gasteiger partial charge in [0.05, 0.1) is 0 Å². The van der Waals surface area contributed by atoms with Crippen LogP contribution < -0.4 is 5.32 Å². The summed E-state index contributed by atoms with van der Waals surface area (Å²) < 4.78 is 5.03. The summed E-state index contributed by atoms with van der Waals surface area (Å²) in [6.45, 7) is 2.00. The number of rotatable bonds is 6. The number of amides is 1. The molecular formula is C16H19NO4S. The van der Waals surface area contributed by atoms with Crippen molar-refractivity contribution in [2.45, 2.75) is 25.7 Å². The van der Waals surface area contributed by atoms with E-state index in [1.54, 1.807) is 0 Å². The molecule has 2 atom stereocenters. The zero-order chi connectivity index (χ0) is 15.9. The van der Waals surface area contributed by atoms with Gasteiger partial charge in [-0.2, -0.15) is 0 Å². The molecule has 6 heteroatoms. The number of aliphatic hydroxyl groups excluding tert-OH is 2. The highest BCUT2D eigenvalue weighted by Gasteiger charge is 2.20. The predicted octanol–water partition coefficient (Wildman–Crippen LogP) is 2.38. The number of benzene rings is 1. The van der Waals surface area contributed by atoms with Crippen LogP contribution in [-0.4, -0.2) is 29.0 Å². The van der Waals surface area contributed by atoms with Crippen LogP contribution in [0.5, 0.6) is 0 Å². The number of carbonyl (C=O) groups is 1. The average molecular weight is 321 g/mol. The summed E-state index contributed by atoms with van der Waals surface area (Å²) in [4.78, 5) is 12.2. The number of ether oxygens (including phenoxy) is 1. The summed E-state index contributed by atoms with van der Waals surface area (Å²) in [7, 11) is 0. The van der Waals surface area contributed by atoms with Crippen LogP contribution in [0.25, 0.3) is 0 Å². The molecule has 3 N–H and O–H groups in total. The van der Waals surface area contributed by atoms with E-state index in [9.17, 15) is 15.0 Å². The van der Waals surface area contributed by atoms with Gasteiger partial charge in [0.15, 0.2) is 0 Å². The monoisotopic (exact) mass is 321 g/mol. The quantitative estimate of drug-likeness (QED) is 0.763. The van der Waals surface area contributed by atoms with Gasteiger partial charge < -0.3 is 20.3 Å². The second-order valence-corrected chi connectivity index (χ2v) is 5.92. The van der Waals surface area contributed by atoms with Gasteiger partial charge in [0, 0.05) is 11.4 Å². The normalized spacial score (nSPS) is 13.4. The van der Waals surface area contributed by atoms with Gasteiger partial charge >= 0.3 is 6.09 Å². The van der Waals surface area contributed by atoms with Crippen LogP contribution in [0.15, 0.2) is 41.8 Å². The Morgan fingerprint density at radius 2 is 2.05 bits per heavy atom. The van der Waals surface area contributed by atoms with Crippen LogP contribution in [-0.2, 0) is 11.3 Å². The maximum atomic E-state index is 11.6. The lowest BCUT2D eigenvalue weighted by Gasteiger charge is -2.17. The minimum atomic E-state index is -1.08. The molecule has 0 saturated heterocycles. The molecule has 2 rings (SSSR count). The summed E-state index contributed by atoms with van der Waals surface area (Å²) in [5.74, 6) is 0. The number of hydrogen-bond donors (Lipinski definition) is 3. The molecule has 22 heavy (non-hydrogen) atoms. The molecule has 0 aliphatic heterocycles. The summed E-state index contributed by atoms with van der Waals surface area (Å²) >= 11 is 1.37. The van der Waals surface area contributed by atoms with Gasteiger partial charge in [-0.1, -0.05) is 30.3 Å². The summed E-state index contributed by atoms with van der Waals surface area (Å²) in [6.07, 6.45) is -2.73. The Kier molecular flexibility index (Phi) is 5.94. The summed E-state index contributed by atoms with van der Waals surface area (Å²) in [6, 6.07) is 11.1. The Bertz CT molecular complexity index is 599. The molecule has 1 heterocycles. The van der Waals surface area contributed by atoms with Crippen LogP contribution in [0, 0.1) is 6.92 Å². The molecule has 0 radical (unpaired) electrons. The molecule has 1 amide bonds. The molecule has 0 spiro atoms. The molecule has 5 nitrogen and oxygen atoms in total. The minimum absolute atomic E-state index is 0.0776. The van der Waals surface area contributed by atoms with E-state index in [4.69, 9.17) is 4.74 Å². The third-order valence-electron chi connectivity index (χ3n) is 3.08. The van der Waals surface area contributed by atoms with Gasteiger partial charge in [-0.25, -0.2) is 4.79 Å². The summed E-state index contributed by atoms with van der Waals surface area (Å²) in [5.41, 5.74) is 1.91. The number of thiophene rings is 1. The van der Waals surface area contributed by atoms with Crippen molar-refractivity contribution in [2.24, 2.45) is 0 Å². The summed E-state index contributed by atoms with van der Waals surface area (Å²) in [5, 5.41) is 24.2. The molecule has 0 fully saturated rings. The van der Waals surface area contributed by atoms with Crippen molar-refractivity contribution in [1.29, 1.82) is 0 Å². The highest BCUT2D eigenvalue weighted by molar-refractivity contribution is 7.10. The first-order valence-corrected chi connectivity index (χ1v) is 7.80. The standard InChI is InChI=1S/C16H19NO4S/c1-11-7-14(22-10-11)15(19)13(18)8-17-16(20)21-9-12-5-3-2-4-6-12/h2-7,10,13,15,18-19H,8-9H2,1H3,(H,17,20). The van der Waals surface area contributed by atoms with Gasteiger partial charge in [-0.3, -0.25) is 0 Å². The third kappa shape index (κ3) is 4.84. The van der Waals surface area contributed by atoms with Crippen molar-refractivity contribution in [1.82, 2.24) is 5.32 Å². The van der Waals surface area contributed by atoms with Gasteiger partial charge in [0.1, 0.15) is 18.8 Å². The SMILES string of the molecule is Cc1csc(C(O)C(O)CNC(=O)OCc2ccccc2)c1. The Hall–Kier alpha value is -1.89. The molecule has 0 aliphatic rings. The lowest BCUT2D eigenvalue weighted by Crippen LogP contribution is -2.35. The second-order valence-electron chi connectivity index (χ2n) is 4.98. The van der Waals surface area contributed by atoms with Crippen LogP contribution in [0.4, 0.5) is 4.79 Å². The van der Waals surface area contributed by atoms with Gasteiger partial charge in [0.2, 0.25) is 0 Å². The maximum Gasteiger partial charge on any atom is 0.407 e. The van der Waals surface area contributed by atoms with Crippen molar-refractivity contribution in [3.8, 4) is 0 Å². The molecule has 2 aromatic rings. The van der Waals surface area contributed by atoms with Crippen molar-refractivity contribution in [2.75, 3.05) is 6.54 Å². The van der Waals surface area contributed by atoms with Crippen LogP contribution in [0.3, 0.4) is 0 Å². The first kappa shape index (κ1) is 16.5. The smallest absolute Gasteiger partial charge is 0.407 e. The molecule has 0 aliphatic carbocycles. The number of nitrogens with one attached hydrogen (secondary N) is 1. The van der Waals surface area contributed by atoms with E-state index in [-0.39, 0.29) is 13.2 Å². The molecule has 1 aromatic heterocycles. The largest absolute Gasteiger partial charge is 0.445 e. The zero-order valence-electron chi connectivity index (χ0n) is 12.2. The number of aryl methyl sites for hydroxylation is 1. The molecule has 1 aromatic carbocycles. The Morgan fingerprint density at radius 1 is 1.32 bits per heavy atom. The number of hydrogen-bond acceptors (Lipinski definition) is 5. The lowest BCUT2D eigenvalue weighted by molar-refractivity contribution is 0.0205. The molecular weight excluding hydrogens is 302 g/mol. The first-order chi connectivity index (χ1) is 10.6. The zero-order valence-corrected chi connectivity index (χ0v) is 13.0. The van der Waals surface area contributed by atoms with E-state index < -0.39 is 18.3 Å². The molecule has 2 unspecified atom stereocenters. The number of carbonyl (C=O) groups excluding carboxylic acids is 1. The fourth-order valence-corrected chi connectivity index (χ4v) is 2.81. The Labute approximate surface area is 133 Å². The van der Waals surface area contributed by atoms with Gasteiger partial charge in [0.25, 0.3) is 0 Å². The molecule has 118 valence electrons. The predicted molar refractivity (Wildman–Crippen MR) is 84.7 cm³/mol. The molecule has 0 saturated carbocycles. The first-order valence-electron chi connectivity index (χ1n) is 6.92. The van der Waals surface area contributed by atoms with Crippen LogP contribution >= 0.6 is 11.3 Å². The van der Waals surface area contributed by atoms with Crippen LogP contribution in [0.2, 0.25) is 0 Å². The van der Waals surface area contributed by atoms with Crippen molar-refractivity contribution in [3.63, 3.8) is 0 Å². The fraction of sp³-hybridized carbons (Fsp3) is 0.312. The number of aliphatic hydroxyl groups is 2. The van der Waals surface area contributed by atoms with Gasteiger partial charge in [-0.15, -0.1) is 11.3 Å². The van der Waals surface area contributed by atoms with E-state index in [0.29, 0.717) is 4.88 Å². The van der Waals surface area contributed by atoms with Crippen LogP contribution in [0.1, 0.15) is 22.1 Å². The Morgan fingerprint density at radius 3 is 2.68 bits per heavy atom. The lowest BCUT2D eigenvalue weighted by atomic mass is 10.1. The molecule has 0 bridgehead atoms. The highest BCUT2D eigenvalue weighted by Crippen LogP contribution is 2.24. The van der Waals surface area contributed by atoms with E-state index in [1.165, 1.54) is 11.3 Å². The van der Waals surface area contributed by atoms with E-state index in [1.807, 2.05) is 48.7 Å². The highest BCUT2D eigenvalue weighted by atomic mass is 32.1. The average Bonchev–Trinajstić information content (AvgIpc) is 2.97. The van der Waals surface area contributed by atoms with E-state index in [0.717, 1.165) is 11.1 Å². The maximum absolute atomic E-state index is 11.6. The minimum Gasteiger partial charge on any atom is -0.445 e. The Balaban J connectivity index is 1.73.